The lowest BCUT2D eigenvalue weighted by atomic mass is 9.96. The van der Waals surface area contributed by atoms with Gasteiger partial charge in [0.25, 0.3) is 0 Å². The zero-order valence-corrected chi connectivity index (χ0v) is 16.6. The number of fused-ring (bicyclic) bond motifs is 2. The van der Waals surface area contributed by atoms with E-state index in [0.29, 0.717) is 0 Å². The summed E-state index contributed by atoms with van der Waals surface area (Å²) in [7, 11) is 0. The molecule has 3 N–H and O–H groups in total. The summed E-state index contributed by atoms with van der Waals surface area (Å²) < 4.78 is 5.47. The number of nitrogens with one attached hydrogen (secondary N) is 3. The molecule has 1 aliphatic rings. The fourth-order valence-electron chi connectivity index (χ4n) is 4.46. The molecular formula is C24H23N5O. The fourth-order valence-corrected chi connectivity index (χ4v) is 4.46. The minimum absolute atomic E-state index is 0.815. The monoisotopic (exact) mass is 397 g/mol. The van der Waals surface area contributed by atoms with Gasteiger partial charge in [0.1, 0.15) is 0 Å². The van der Waals surface area contributed by atoms with Gasteiger partial charge in [-0.2, -0.15) is 5.10 Å². The van der Waals surface area contributed by atoms with Gasteiger partial charge in [0.2, 0.25) is 0 Å². The molecule has 5 aromatic rings. The van der Waals surface area contributed by atoms with Crippen LogP contribution < -0.4 is 0 Å². The molecule has 1 saturated heterocycles. The average Bonchev–Trinajstić information content (AvgIpc) is 3.53. The van der Waals surface area contributed by atoms with Crippen LogP contribution in [0.5, 0.6) is 0 Å². The number of ether oxygens (including phenoxy) is 1. The lowest BCUT2D eigenvalue weighted by Gasteiger charge is -2.25. The van der Waals surface area contributed by atoms with Crippen LogP contribution in [0.3, 0.4) is 0 Å². The Kier molecular flexibility index (Phi) is 4.18. The number of aromatic amines is 3. The van der Waals surface area contributed by atoms with Crippen LogP contribution in [0.15, 0.2) is 60.9 Å². The minimum Gasteiger partial charge on any atom is -0.379 e. The minimum atomic E-state index is 0.815. The van der Waals surface area contributed by atoms with Gasteiger partial charge in [-0.3, -0.25) is 10.00 Å². The van der Waals surface area contributed by atoms with Crippen LogP contribution in [-0.4, -0.2) is 51.4 Å². The van der Waals surface area contributed by atoms with Crippen LogP contribution >= 0.6 is 0 Å². The van der Waals surface area contributed by atoms with Gasteiger partial charge in [-0.1, -0.05) is 12.1 Å². The molecule has 0 amide bonds. The second-order valence-corrected chi connectivity index (χ2v) is 7.89. The molecule has 150 valence electrons. The summed E-state index contributed by atoms with van der Waals surface area (Å²) in [5.74, 6) is 0. The second kappa shape index (κ2) is 7.16. The van der Waals surface area contributed by atoms with E-state index in [4.69, 9.17) is 4.74 Å². The van der Waals surface area contributed by atoms with Gasteiger partial charge in [-0.15, -0.1) is 0 Å². The maximum absolute atomic E-state index is 5.47. The number of rotatable bonds is 4. The standard InChI is InChI=1S/C24H23N5O/c1-2-18(19-6-7-25-22(19)3-1)16-12-20(21-14-26-28-24(21)13-16)23-5-4-17(27-23)15-29-8-10-30-11-9-29/h1-7,12-14,25,27H,8-11,15H2,(H,26,28). The zero-order valence-electron chi connectivity index (χ0n) is 16.6. The van der Waals surface area contributed by atoms with Crippen molar-refractivity contribution in [3.05, 3.63) is 66.6 Å². The van der Waals surface area contributed by atoms with Crippen LogP contribution in [0.4, 0.5) is 0 Å². The fraction of sp³-hybridized carbons (Fsp3) is 0.208. The lowest BCUT2D eigenvalue weighted by molar-refractivity contribution is 0.0337. The Morgan fingerprint density at radius 2 is 1.87 bits per heavy atom. The molecule has 0 spiro atoms. The van der Waals surface area contributed by atoms with Crippen LogP contribution in [-0.2, 0) is 11.3 Å². The Hall–Kier alpha value is -3.35. The predicted octanol–water partition coefficient (Wildman–Crippen LogP) is 4.54. The predicted molar refractivity (Wildman–Crippen MR) is 119 cm³/mol. The molecule has 0 unspecified atom stereocenters. The van der Waals surface area contributed by atoms with E-state index in [-0.39, 0.29) is 0 Å². The van der Waals surface area contributed by atoms with Gasteiger partial charge in [-0.25, -0.2) is 0 Å². The molecule has 6 nitrogen and oxygen atoms in total. The number of hydrogen-bond donors (Lipinski definition) is 3. The Morgan fingerprint density at radius 1 is 0.933 bits per heavy atom. The summed E-state index contributed by atoms with van der Waals surface area (Å²) >= 11 is 0. The third kappa shape index (κ3) is 3.01. The summed E-state index contributed by atoms with van der Waals surface area (Å²) in [4.78, 5) is 9.38. The number of H-pyrrole nitrogens is 3. The summed E-state index contributed by atoms with van der Waals surface area (Å²) in [5.41, 5.74) is 8.08. The van der Waals surface area contributed by atoms with Gasteiger partial charge in [-0.05, 0) is 47.5 Å². The van der Waals surface area contributed by atoms with E-state index < -0.39 is 0 Å². The van der Waals surface area contributed by atoms with Crippen LogP contribution in [0.2, 0.25) is 0 Å². The largest absolute Gasteiger partial charge is 0.379 e. The van der Waals surface area contributed by atoms with Crippen molar-refractivity contribution < 1.29 is 4.74 Å². The summed E-state index contributed by atoms with van der Waals surface area (Å²) in [6.45, 7) is 4.51. The molecule has 30 heavy (non-hydrogen) atoms. The molecule has 0 aliphatic carbocycles. The zero-order chi connectivity index (χ0) is 19.9. The third-order valence-electron chi connectivity index (χ3n) is 6.00. The van der Waals surface area contributed by atoms with Crippen molar-refractivity contribution in [3.63, 3.8) is 0 Å². The highest BCUT2D eigenvalue weighted by molar-refractivity contribution is 6.01. The van der Waals surface area contributed by atoms with Crippen molar-refractivity contribution >= 4 is 21.8 Å². The Balaban J connectivity index is 1.43. The van der Waals surface area contributed by atoms with Gasteiger partial charge in [0.05, 0.1) is 24.9 Å². The van der Waals surface area contributed by atoms with E-state index in [9.17, 15) is 0 Å². The quantitative estimate of drug-likeness (QED) is 0.417. The van der Waals surface area contributed by atoms with Gasteiger partial charge in [0, 0.05) is 59.1 Å². The molecular weight excluding hydrogens is 374 g/mol. The van der Waals surface area contributed by atoms with Crippen LogP contribution in [0.25, 0.3) is 44.2 Å². The highest BCUT2D eigenvalue weighted by Crippen LogP contribution is 2.35. The molecule has 0 radical (unpaired) electrons. The van der Waals surface area contributed by atoms with Gasteiger partial charge >= 0.3 is 0 Å². The molecule has 6 rings (SSSR count). The first-order valence-corrected chi connectivity index (χ1v) is 10.4. The normalized spacial score (nSPS) is 15.3. The molecule has 4 heterocycles. The molecule has 0 bridgehead atoms. The van der Waals surface area contributed by atoms with E-state index in [0.717, 1.165) is 60.5 Å². The van der Waals surface area contributed by atoms with Gasteiger partial charge < -0.3 is 14.7 Å². The first-order chi connectivity index (χ1) is 14.8. The van der Waals surface area contributed by atoms with Crippen LogP contribution in [0.1, 0.15) is 5.69 Å². The number of aromatic nitrogens is 4. The van der Waals surface area contributed by atoms with E-state index in [2.05, 4.69) is 73.6 Å². The first kappa shape index (κ1) is 17.5. The molecule has 1 aliphatic heterocycles. The van der Waals surface area contributed by atoms with E-state index >= 15 is 0 Å². The smallest absolute Gasteiger partial charge is 0.0663 e. The molecule has 6 heteroatoms. The average molecular weight is 397 g/mol. The summed E-state index contributed by atoms with van der Waals surface area (Å²) in [6.07, 6.45) is 3.90. The van der Waals surface area contributed by atoms with Crippen molar-refractivity contribution in [2.45, 2.75) is 6.54 Å². The van der Waals surface area contributed by atoms with Crippen molar-refractivity contribution in [2.24, 2.45) is 0 Å². The van der Waals surface area contributed by atoms with Crippen molar-refractivity contribution in [2.75, 3.05) is 26.3 Å². The molecule has 3 aromatic heterocycles. The summed E-state index contributed by atoms with van der Waals surface area (Å²) in [5, 5.41) is 9.82. The maximum Gasteiger partial charge on any atom is 0.0663 e. The first-order valence-electron chi connectivity index (χ1n) is 10.4. The Morgan fingerprint density at radius 3 is 2.80 bits per heavy atom. The number of hydrogen-bond acceptors (Lipinski definition) is 3. The Bertz CT molecular complexity index is 1320. The molecule has 0 saturated carbocycles. The molecule has 1 fully saturated rings. The van der Waals surface area contributed by atoms with Crippen molar-refractivity contribution in [1.29, 1.82) is 0 Å². The topological polar surface area (TPSA) is 72.7 Å². The maximum atomic E-state index is 5.47. The SMILES string of the molecule is c1cc(-c2cc(-c3ccc(CN4CCOCC4)[nH]3)c3cn[nH]c3c2)c2cc[nH]c2c1. The number of morpholine rings is 1. The van der Waals surface area contributed by atoms with Crippen molar-refractivity contribution in [1.82, 2.24) is 25.1 Å². The third-order valence-corrected chi connectivity index (χ3v) is 6.00. The Labute approximate surface area is 173 Å². The molecule has 0 atom stereocenters. The molecule has 2 aromatic carbocycles. The van der Waals surface area contributed by atoms with Crippen LogP contribution in [0, 0.1) is 0 Å². The number of benzene rings is 2. The highest BCUT2D eigenvalue weighted by atomic mass is 16.5. The van der Waals surface area contributed by atoms with E-state index in [1.807, 2.05) is 12.4 Å². The van der Waals surface area contributed by atoms with E-state index in [1.165, 1.54) is 22.2 Å². The lowest BCUT2D eigenvalue weighted by Crippen LogP contribution is -2.35. The van der Waals surface area contributed by atoms with E-state index in [1.54, 1.807) is 0 Å². The highest BCUT2D eigenvalue weighted by Gasteiger charge is 2.15. The van der Waals surface area contributed by atoms with Crippen molar-refractivity contribution in [3.8, 4) is 22.4 Å². The number of nitrogens with zero attached hydrogens (tertiary/aromatic N) is 2. The second-order valence-electron chi connectivity index (χ2n) is 7.89. The summed E-state index contributed by atoms with van der Waals surface area (Å²) in [6, 6.07) is 17.3. The van der Waals surface area contributed by atoms with Gasteiger partial charge in [0.15, 0.2) is 0 Å².